The van der Waals surface area contributed by atoms with Crippen molar-refractivity contribution in [3.8, 4) is 23.0 Å². The molecule has 5 nitrogen and oxygen atoms in total. The van der Waals surface area contributed by atoms with Crippen molar-refractivity contribution in [2.75, 3.05) is 25.6 Å². The molecule has 162 valence electrons. The minimum atomic E-state index is 0.224. The number of benzene rings is 3. The van der Waals surface area contributed by atoms with Crippen LogP contribution < -0.4 is 24.3 Å². The molecular weight excluding hydrogens is 505 g/mol. The topological polar surface area (TPSA) is 49.0 Å². The highest BCUT2D eigenvalue weighted by atomic mass is 79.9. The number of hydrogen-bond acceptors (Lipinski definition) is 5. The summed E-state index contributed by atoms with van der Waals surface area (Å²) in [5.41, 5.74) is 2.68. The van der Waals surface area contributed by atoms with E-state index in [-0.39, 0.29) is 6.61 Å². The van der Waals surface area contributed by atoms with Crippen molar-refractivity contribution in [1.29, 1.82) is 0 Å². The highest BCUT2D eigenvalue weighted by Gasteiger charge is 2.15. The first-order valence-corrected chi connectivity index (χ1v) is 11.2. The van der Waals surface area contributed by atoms with Crippen LogP contribution in [0.4, 0.5) is 5.69 Å². The lowest BCUT2D eigenvalue weighted by molar-refractivity contribution is 0.171. The number of methoxy groups -OCH3 is 1. The van der Waals surface area contributed by atoms with Gasteiger partial charge in [0.05, 0.1) is 11.6 Å². The summed E-state index contributed by atoms with van der Waals surface area (Å²) in [6, 6.07) is 15.1. The minimum Gasteiger partial charge on any atom is -0.493 e. The van der Waals surface area contributed by atoms with Gasteiger partial charge in [-0.2, -0.15) is 0 Å². The van der Waals surface area contributed by atoms with E-state index in [1.54, 1.807) is 25.3 Å². The van der Waals surface area contributed by atoms with Gasteiger partial charge in [0.25, 0.3) is 0 Å². The molecule has 3 aromatic carbocycles. The summed E-state index contributed by atoms with van der Waals surface area (Å²) >= 11 is 16.1. The Kier molecular flexibility index (Phi) is 7.00. The molecule has 0 bridgehead atoms. The van der Waals surface area contributed by atoms with Gasteiger partial charge in [0.1, 0.15) is 19.8 Å². The Morgan fingerprint density at radius 1 is 1.00 bits per heavy atom. The second-order valence-electron chi connectivity index (χ2n) is 6.81. The number of nitrogens with one attached hydrogen (secondary N) is 1. The molecule has 3 aromatic rings. The molecule has 1 aliphatic rings. The quantitative estimate of drug-likeness (QED) is 0.371. The number of fused-ring (bicyclic) bond motifs is 1. The smallest absolute Gasteiger partial charge is 0.175 e. The van der Waals surface area contributed by atoms with Gasteiger partial charge in [0.2, 0.25) is 0 Å². The van der Waals surface area contributed by atoms with Crippen LogP contribution in [0.1, 0.15) is 11.1 Å². The SMILES string of the molecule is COc1cc(CNc2ccc3c(c2)OCCO3)cc(Br)c1OCc1c(Cl)cccc1Cl. The van der Waals surface area contributed by atoms with Crippen LogP contribution >= 0.6 is 39.1 Å². The number of rotatable bonds is 7. The zero-order valence-corrected chi connectivity index (χ0v) is 19.8. The van der Waals surface area contributed by atoms with E-state index in [0.717, 1.165) is 32.8 Å². The second-order valence-corrected chi connectivity index (χ2v) is 8.48. The zero-order valence-electron chi connectivity index (χ0n) is 16.7. The summed E-state index contributed by atoms with van der Waals surface area (Å²) in [5, 5.41) is 4.51. The van der Waals surface area contributed by atoms with Crippen LogP contribution in [0, 0.1) is 0 Å². The molecule has 0 fully saturated rings. The van der Waals surface area contributed by atoms with Gasteiger partial charge < -0.3 is 24.3 Å². The molecular formula is C23H20BrCl2NO4. The molecule has 0 radical (unpaired) electrons. The zero-order chi connectivity index (χ0) is 21.8. The molecule has 0 unspecified atom stereocenters. The molecule has 0 spiro atoms. The van der Waals surface area contributed by atoms with E-state index < -0.39 is 0 Å². The molecule has 0 saturated heterocycles. The van der Waals surface area contributed by atoms with Crippen LogP contribution in [0.15, 0.2) is 53.0 Å². The van der Waals surface area contributed by atoms with E-state index in [0.29, 0.717) is 41.3 Å². The lowest BCUT2D eigenvalue weighted by atomic mass is 10.2. The fourth-order valence-corrected chi connectivity index (χ4v) is 4.30. The van der Waals surface area contributed by atoms with E-state index in [1.807, 2.05) is 30.3 Å². The van der Waals surface area contributed by atoms with Crippen molar-refractivity contribution >= 4 is 44.8 Å². The van der Waals surface area contributed by atoms with E-state index in [4.69, 9.17) is 42.1 Å². The summed E-state index contributed by atoms with van der Waals surface area (Å²) in [6.45, 7) is 1.94. The first-order chi connectivity index (χ1) is 15.0. The van der Waals surface area contributed by atoms with Crippen LogP contribution in [0.25, 0.3) is 0 Å². The number of anilines is 1. The average Bonchev–Trinajstić information content (AvgIpc) is 2.78. The van der Waals surface area contributed by atoms with Crippen molar-refractivity contribution in [3.63, 3.8) is 0 Å². The third-order valence-electron chi connectivity index (χ3n) is 4.75. The van der Waals surface area contributed by atoms with Crippen LogP contribution in [-0.4, -0.2) is 20.3 Å². The molecule has 0 aliphatic carbocycles. The summed E-state index contributed by atoms with van der Waals surface area (Å²) in [7, 11) is 1.61. The maximum atomic E-state index is 6.25. The molecule has 0 saturated carbocycles. The summed E-state index contributed by atoms with van der Waals surface area (Å²) in [4.78, 5) is 0. The van der Waals surface area contributed by atoms with Gasteiger partial charge in [-0.15, -0.1) is 0 Å². The minimum absolute atomic E-state index is 0.224. The second kappa shape index (κ2) is 9.90. The Morgan fingerprint density at radius 3 is 2.48 bits per heavy atom. The third kappa shape index (κ3) is 5.14. The Hall–Kier alpha value is -2.28. The summed E-state index contributed by atoms with van der Waals surface area (Å²) in [5.74, 6) is 2.71. The normalized spacial score (nSPS) is 12.4. The molecule has 8 heteroatoms. The van der Waals surface area contributed by atoms with Gasteiger partial charge >= 0.3 is 0 Å². The van der Waals surface area contributed by atoms with Gasteiger partial charge in [0, 0.05) is 33.9 Å². The van der Waals surface area contributed by atoms with E-state index in [2.05, 4.69) is 21.2 Å². The molecule has 1 aliphatic heterocycles. The third-order valence-corrected chi connectivity index (χ3v) is 6.05. The Balaban J connectivity index is 1.47. The van der Waals surface area contributed by atoms with Crippen molar-refractivity contribution in [2.45, 2.75) is 13.2 Å². The summed E-state index contributed by atoms with van der Waals surface area (Å²) in [6.07, 6.45) is 0. The average molecular weight is 525 g/mol. The van der Waals surface area contributed by atoms with Crippen LogP contribution in [0.3, 0.4) is 0 Å². The van der Waals surface area contributed by atoms with Gasteiger partial charge in [-0.05, 0) is 57.9 Å². The van der Waals surface area contributed by atoms with E-state index >= 15 is 0 Å². The standard InChI is InChI=1S/C23H20BrCl2NO4/c1-28-22-10-14(12-27-15-5-6-20-21(11-15)30-8-7-29-20)9-17(24)23(22)31-13-16-18(25)3-2-4-19(16)26/h2-6,9-11,27H,7-8,12-13H2,1H3. The molecule has 0 aromatic heterocycles. The maximum Gasteiger partial charge on any atom is 0.175 e. The van der Waals surface area contributed by atoms with Gasteiger partial charge in [0.15, 0.2) is 23.0 Å². The molecule has 0 amide bonds. The molecule has 0 atom stereocenters. The van der Waals surface area contributed by atoms with Gasteiger partial charge in [-0.3, -0.25) is 0 Å². The molecule has 1 N–H and O–H groups in total. The van der Waals surface area contributed by atoms with Gasteiger partial charge in [-0.1, -0.05) is 29.3 Å². The molecule has 4 rings (SSSR count). The maximum absolute atomic E-state index is 6.25. The largest absolute Gasteiger partial charge is 0.493 e. The monoisotopic (exact) mass is 523 g/mol. The Bertz CT molecular complexity index is 1070. The lowest BCUT2D eigenvalue weighted by Gasteiger charge is -2.19. The van der Waals surface area contributed by atoms with Crippen molar-refractivity contribution < 1.29 is 18.9 Å². The first kappa shape index (κ1) is 21.9. The first-order valence-electron chi connectivity index (χ1n) is 9.61. The fourth-order valence-electron chi connectivity index (χ4n) is 3.19. The Labute approximate surface area is 199 Å². The lowest BCUT2D eigenvalue weighted by Crippen LogP contribution is -2.15. The van der Waals surface area contributed by atoms with Crippen molar-refractivity contribution in [2.24, 2.45) is 0 Å². The summed E-state index contributed by atoms with van der Waals surface area (Å²) < 4.78 is 23.5. The fraction of sp³-hybridized carbons (Fsp3) is 0.217. The van der Waals surface area contributed by atoms with Crippen LogP contribution in [0.5, 0.6) is 23.0 Å². The molecule has 1 heterocycles. The number of ether oxygens (including phenoxy) is 4. The molecule has 31 heavy (non-hydrogen) atoms. The van der Waals surface area contributed by atoms with Crippen molar-refractivity contribution in [3.05, 3.63) is 74.2 Å². The number of hydrogen-bond donors (Lipinski definition) is 1. The van der Waals surface area contributed by atoms with Crippen LogP contribution in [-0.2, 0) is 13.2 Å². The Morgan fingerprint density at radius 2 is 1.74 bits per heavy atom. The van der Waals surface area contributed by atoms with Crippen LogP contribution in [0.2, 0.25) is 10.0 Å². The predicted molar refractivity (Wildman–Crippen MR) is 126 cm³/mol. The highest BCUT2D eigenvalue weighted by Crippen LogP contribution is 2.38. The van der Waals surface area contributed by atoms with Gasteiger partial charge in [-0.25, -0.2) is 0 Å². The van der Waals surface area contributed by atoms with E-state index in [1.165, 1.54) is 0 Å². The van der Waals surface area contributed by atoms with E-state index in [9.17, 15) is 0 Å². The van der Waals surface area contributed by atoms with Crippen molar-refractivity contribution in [1.82, 2.24) is 0 Å². The predicted octanol–water partition coefficient (Wildman–Crippen LogP) is 6.73. The highest BCUT2D eigenvalue weighted by molar-refractivity contribution is 9.10. The number of halogens is 3.